The predicted molar refractivity (Wildman–Crippen MR) is 95.5 cm³/mol. The standard InChI is InChI=1S/C18H31NOS/c1-5-6-9-21(3,4)19-13-17-10-15(2)11-18(12-17)20-14-16-7-8-16/h10-12,16,19H,5-9,13-14H2,1-4H3. The van der Waals surface area contributed by atoms with Crippen LogP contribution in [0.1, 0.15) is 43.7 Å². The summed E-state index contributed by atoms with van der Waals surface area (Å²) in [4.78, 5) is 0. The van der Waals surface area contributed by atoms with Crippen LogP contribution in [-0.2, 0) is 6.54 Å². The average molecular weight is 310 g/mol. The lowest BCUT2D eigenvalue weighted by Gasteiger charge is -2.32. The first-order valence-electron chi connectivity index (χ1n) is 8.17. The Balaban J connectivity index is 1.89. The van der Waals surface area contributed by atoms with E-state index in [4.69, 9.17) is 4.74 Å². The number of aryl methyl sites for hydroxylation is 1. The van der Waals surface area contributed by atoms with E-state index >= 15 is 0 Å². The fourth-order valence-corrected chi connectivity index (χ4v) is 4.08. The van der Waals surface area contributed by atoms with Crippen LogP contribution in [0.25, 0.3) is 0 Å². The Morgan fingerprint density at radius 3 is 2.67 bits per heavy atom. The highest BCUT2D eigenvalue weighted by molar-refractivity contribution is 8.31. The zero-order valence-electron chi connectivity index (χ0n) is 14.1. The van der Waals surface area contributed by atoms with E-state index in [-0.39, 0.29) is 0 Å². The number of unbranched alkanes of at least 4 members (excludes halogenated alkanes) is 1. The van der Waals surface area contributed by atoms with Crippen LogP contribution in [-0.4, -0.2) is 24.9 Å². The van der Waals surface area contributed by atoms with Crippen molar-refractivity contribution in [3.63, 3.8) is 0 Å². The van der Waals surface area contributed by atoms with E-state index in [9.17, 15) is 0 Å². The Morgan fingerprint density at radius 2 is 2.00 bits per heavy atom. The van der Waals surface area contributed by atoms with Crippen LogP contribution in [0.2, 0.25) is 0 Å². The van der Waals surface area contributed by atoms with Crippen molar-refractivity contribution in [2.45, 2.75) is 46.1 Å². The third kappa shape index (κ3) is 6.31. The molecule has 0 atom stereocenters. The van der Waals surface area contributed by atoms with Crippen LogP contribution in [0, 0.1) is 12.8 Å². The molecule has 0 spiro atoms. The molecule has 0 bridgehead atoms. The van der Waals surface area contributed by atoms with E-state index in [0.29, 0.717) is 0 Å². The average Bonchev–Trinajstić information content (AvgIpc) is 3.25. The molecule has 1 saturated carbocycles. The fraction of sp³-hybridized carbons (Fsp3) is 0.667. The smallest absolute Gasteiger partial charge is 0.119 e. The molecule has 2 rings (SSSR count). The zero-order valence-corrected chi connectivity index (χ0v) is 14.9. The summed E-state index contributed by atoms with van der Waals surface area (Å²) in [6.07, 6.45) is 10.0. The maximum atomic E-state index is 5.93. The van der Waals surface area contributed by atoms with Crippen LogP contribution >= 0.6 is 10.2 Å². The molecule has 0 saturated heterocycles. The summed E-state index contributed by atoms with van der Waals surface area (Å²) in [7, 11) is -0.674. The van der Waals surface area contributed by atoms with Gasteiger partial charge in [-0.15, -0.1) is 0 Å². The highest BCUT2D eigenvalue weighted by atomic mass is 32.3. The van der Waals surface area contributed by atoms with Gasteiger partial charge in [0.1, 0.15) is 5.75 Å². The predicted octanol–water partition coefficient (Wildman–Crippen LogP) is 4.65. The van der Waals surface area contributed by atoms with Crippen molar-refractivity contribution < 1.29 is 4.74 Å². The van der Waals surface area contributed by atoms with Crippen molar-refractivity contribution >= 4 is 10.2 Å². The Hall–Kier alpha value is -0.670. The molecular weight excluding hydrogens is 278 g/mol. The van der Waals surface area contributed by atoms with Gasteiger partial charge in [0.15, 0.2) is 0 Å². The minimum absolute atomic E-state index is 0.674. The van der Waals surface area contributed by atoms with Crippen LogP contribution in [0.15, 0.2) is 18.2 Å². The molecule has 0 amide bonds. The second-order valence-corrected chi connectivity index (χ2v) is 10.6. The first kappa shape index (κ1) is 16.7. The van der Waals surface area contributed by atoms with Gasteiger partial charge in [0, 0.05) is 6.54 Å². The van der Waals surface area contributed by atoms with Crippen molar-refractivity contribution in [1.82, 2.24) is 4.72 Å². The second-order valence-electron chi connectivity index (χ2n) is 6.83. The van der Waals surface area contributed by atoms with Gasteiger partial charge in [0.25, 0.3) is 0 Å². The summed E-state index contributed by atoms with van der Waals surface area (Å²) in [5, 5.41) is 0. The Morgan fingerprint density at radius 1 is 1.24 bits per heavy atom. The minimum Gasteiger partial charge on any atom is -0.493 e. The maximum absolute atomic E-state index is 5.93. The van der Waals surface area contributed by atoms with E-state index < -0.39 is 10.2 Å². The second kappa shape index (κ2) is 7.55. The highest BCUT2D eigenvalue weighted by Gasteiger charge is 2.22. The molecule has 0 radical (unpaired) electrons. The zero-order chi connectivity index (χ0) is 15.3. The van der Waals surface area contributed by atoms with E-state index in [2.05, 4.69) is 49.3 Å². The van der Waals surface area contributed by atoms with Crippen molar-refractivity contribution in [3.05, 3.63) is 29.3 Å². The minimum atomic E-state index is -0.674. The Kier molecular flexibility index (Phi) is 6.00. The van der Waals surface area contributed by atoms with Crippen molar-refractivity contribution in [1.29, 1.82) is 0 Å². The molecule has 0 unspecified atom stereocenters. The van der Waals surface area contributed by atoms with Crippen molar-refractivity contribution in [3.8, 4) is 5.75 Å². The van der Waals surface area contributed by atoms with Crippen molar-refractivity contribution in [2.24, 2.45) is 5.92 Å². The number of rotatable bonds is 9. The SMILES string of the molecule is CCCCS(C)(C)NCc1cc(C)cc(OCC2CC2)c1. The number of benzene rings is 1. The summed E-state index contributed by atoms with van der Waals surface area (Å²) in [5.74, 6) is 3.16. The van der Waals surface area contributed by atoms with Gasteiger partial charge in [-0.1, -0.05) is 19.4 Å². The first-order chi connectivity index (χ1) is 9.98. The lowest BCUT2D eigenvalue weighted by Crippen LogP contribution is -2.21. The number of nitrogens with one attached hydrogen (secondary N) is 1. The molecule has 1 aromatic carbocycles. The summed E-state index contributed by atoms with van der Waals surface area (Å²) >= 11 is 0. The van der Waals surface area contributed by atoms with E-state index in [1.807, 2.05) is 0 Å². The topological polar surface area (TPSA) is 21.3 Å². The van der Waals surface area contributed by atoms with Crippen LogP contribution in [0.4, 0.5) is 0 Å². The summed E-state index contributed by atoms with van der Waals surface area (Å²) in [5.41, 5.74) is 2.64. The number of hydrogen-bond acceptors (Lipinski definition) is 2. The largest absolute Gasteiger partial charge is 0.493 e. The molecule has 120 valence electrons. The summed E-state index contributed by atoms with van der Waals surface area (Å²) in [6.45, 7) is 6.26. The molecule has 2 nitrogen and oxygen atoms in total. The molecule has 1 N–H and O–H groups in total. The van der Waals surface area contributed by atoms with Gasteiger partial charge in [-0.25, -0.2) is 0 Å². The van der Waals surface area contributed by atoms with Crippen LogP contribution in [0.5, 0.6) is 5.75 Å². The van der Waals surface area contributed by atoms with Crippen LogP contribution in [0.3, 0.4) is 0 Å². The summed E-state index contributed by atoms with van der Waals surface area (Å²) < 4.78 is 9.70. The normalized spacial score (nSPS) is 16.0. The van der Waals surface area contributed by atoms with Crippen molar-refractivity contribution in [2.75, 3.05) is 24.9 Å². The molecule has 0 aliphatic heterocycles. The lowest BCUT2D eigenvalue weighted by atomic mass is 10.1. The first-order valence-corrected chi connectivity index (χ1v) is 10.8. The fourth-order valence-electron chi connectivity index (χ4n) is 2.36. The number of hydrogen-bond donors (Lipinski definition) is 1. The molecule has 0 aromatic heterocycles. The Bertz CT molecular complexity index is 455. The number of ether oxygens (including phenoxy) is 1. The van der Waals surface area contributed by atoms with Gasteiger partial charge in [0.05, 0.1) is 6.61 Å². The molecule has 3 heteroatoms. The molecule has 1 aromatic rings. The molecule has 1 fully saturated rings. The van der Waals surface area contributed by atoms with E-state index in [0.717, 1.165) is 24.8 Å². The van der Waals surface area contributed by atoms with Gasteiger partial charge in [-0.3, -0.25) is 4.72 Å². The quantitative estimate of drug-likeness (QED) is 0.717. The van der Waals surface area contributed by atoms with Gasteiger partial charge >= 0.3 is 0 Å². The van der Waals surface area contributed by atoms with Gasteiger partial charge < -0.3 is 4.74 Å². The third-order valence-electron chi connectivity index (χ3n) is 3.97. The molecule has 0 heterocycles. The summed E-state index contributed by atoms with van der Waals surface area (Å²) in [6, 6.07) is 6.63. The Labute approximate surface area is 132 Å². The maximum Gasteiger partial charge on any atom is 0.119 e. The molecule has 21 heavy (non-hydrogen) atoms. The van der Waals surface area contributed by atoms with Crippen LogP contribution < -0.4 is 9.46 Å². The van der Waals surface area contributed by atoms with Gasteiger partial charge in [-0.05, 0) is 73.6 Å². The van der Waals surface area contributed by atoms with Gasteiger partial charge in [-0.2, -0.15) is 10.2 Å². The third-order valence-corrected chi connectivity index (χ3v) is 6.20. The van der Waals surface area contributed by atoms with Gasteiger partial charge in [0.2, 0.25) is 0 Å². The molecular formula is C18H31NOS. The van der Waals surface area contributed by atoms with E-state index in [1.165, 1.54) is 42.6 Å². The monoisotopic (exact) mass is 309 g/mol. The molecule has 1 aliphatic rings. The lowest BCUT2D eigenvalue weighted by molar-refractivity contribution is 0.299. The molecule has 1 aliphatic carbocycles. The highest BCUT2D eigenvalue weighted by Crippen LogP contribution is 2.36. The van der Waals surface area contributed by atoms with E-state index in [1.54, 1.807) is 0 Å².